The number of amides is 1. The van der Waals surface area contributed by atoms with Gasteiger partial charge >= 0.3 is 0 Å². The van der Waals surface area contributed by atoms with Gasteiger partial charge in [-0.05, 0) is 32.8 Å². The first kappa shape index (κ1) is 16.1. The summed E-state index contributed by atoms with van der Waals surface area (Å²) in [5.41, 5.74) is 1.40. The van der Waals surface area contributed by atoms with Crippen LogP contribution in [0.4, 0.5) is 0 Å². The van der Waals surface area contributed by atoms with E-state index in [1.54, 1.807) is 13.0 Å². The molecule has 0 aliphatic carbocycles. The molecule has 130 valence electrons. The lowest BCUT2D eigenvalue weighted by molar-refractivity contribution is 0.0674. The first-order chi connectivity index (χ1) is 12.0. The van der Waals surface area contributed by atoms with Gasteiger partial charge in [0.25, 0.3) is 5.91 Å². The predicted molar refractivity (Wildman–Crippen MR) is 92.9 cm³/mol. The smallest absolute Gasteiger partial charge is 0.289 e. The summed E-state index contributed by atoms with van der Waals surface area (Å²) in [5, 5.41) is 5.24. The SMILES string of the molecule is Cc1noc(C2CCN(C(=O)c3oc4c(Cl)cccc4c3C)CC2)n1. The lowest BCUT2D eigenvalue weighted by atomic mass is 9.96. The number of hydrogen-bond donors (Lipinski definition) is 0. The van der Waals surface area contributed by atoms with Gasteiger partial charge in [0.15, 0.2) is 17.2 Å². The molecule has 0 unspecified atom stereocenters. The van der Waals surface area contributed by atoms with Gasteiger partial charge in [0.05, 0.1) is 5.02 Å². The Hall–Kier alpha value is -2.34. The van der Waals surface area contributed by atoms with E-state index in [9.17, 15) is 4.79 Å². The summed E-state index contributed by atoms with van der Waals surface area (Å²) in [4.78, 5) is 19.0. The van der Waals surface area contributed by atoms with E-state index in [4.69, 9.17) is 20.5 Å². The van der Waals surface area contributed by atoms with Crippen LogP contribution in [0.25, 0.3) is 11.0 Å². The fourth-order valence-corrected chi connectivity index (χ4v) is 3.58. The molecule has 0 bridgehead atoms. The van der Waals surface area contributed by atoms with Crippen molar-refractivity contribution in [3.8, 4) is 0 Å². The Kier molecular flexibility index (Phi) is 4.00. The van der Waals surface area contributed by atoms with Crippen LogP contribution in [0.15, 0.2) is 27.1 Å². The monoisotopic (exact) mass is 359 g/mol. The lowest BCUT2D eigenvalue weighted by Gasteiger charge is -2.29. The zero-order valence-corrected chi connectivity index (χ0v) is 14.8. The average molecular weight is 360 g/mol. The lowest BCUT2D eigenvalue weighted by Crippen LogP contribution is -2.38. The molecular formula is C18H18ClN3O3. The largest absolute Gasteiger partial charge is 0.449 e. The predicted octanol–water partition coefficient (Wildman–Crippen LogP) is 4.11. The zero-order valence-electron chi connectivity index (χ0n) is 14.1. The van der Waals surface area contributed by atoms with Crippen LogP contribution in [-0.4, -0.2) is 34.0 Å². The summed E-state index contributed by atoms with van der Waals surface area (Å²) in [6.45, 7) is 4.97. The van der Waals surface area contributed by atoms with Crippen LogP contribution in [0, 0.1) is 13.8 Å². The highest BCUT2D eigenvalue weighted by Crippen LogP contribution is 2.33. The molecule has 1 aliphatic heterocycles. The van der Waals surface area contributed by atoms with Gasteiger partial charge in [-0.1, -0.05) is 28.9 Å². The molecule has 3 aromatic rings. The number of para-hydroxylation sites is 1. The molecule has 1 aliphatic rings. The number of nitrogens with zero attached hydrogens (tertiary/aromatic N) is 3. The topological polar surface area (TPSA) is 72.4 Å². The second-order valence-electron chi connectivity index (χ2n) is 6.42. The first-order valence-electron chi connectivity index (χ1n) is 8.31. The van der Waals surface area contributed by atoms with E-state index < -0.39 is 0 Å². The van der Waals surface area contributed by atoms with Crippen molar-refractivity contribution in [2.24, 2.45) is 0 Å². The van der Waals surface area contributed by atoms with Gasteiger partial charge in [0.1, 0.15) is 0 Å². The maximum absolute atomic E-state index is 12.9. The van der Waals surface area contributed by atoms with Crippen LogP contribution in [0.2, 0.25) is 5.02 Å². The quantitative estimate of drug-likeness (QED) is 0.688. The number of hydrogen-bond acceptors (Lipinski definition) is 5. The summed E-state index contributed by atoms with van der Waals surface area (Å²) in [6.07, 6.45) is 1.60. The van der Waals surface area contributed by atoms with Crippen molar-refractivity contribution in [3.05, 3.63) is 46.3 Å². The molecule has 1 fully saturated rings. The molecule has 1 aromatic carbocycles. The van der Waals surface area contributed by atoms with Crippen LogP contribution in [0.5, 0.6) is 0 Å². The molecule has 0 saturated carbocycles. The van der Waals surface area contributed by atoms with E-state index in [1.165, 1.54) is 0 Å². The molecule has 0 spiro atoms. The second-order valence-corrected chi connectivity index (χ2v) is 6.83. The normalized spacial score (nSPS) is 15.9. The minimum atomic E-state index is -0.0927. The van der Waals surface area contributed by atoms with Gasteiger partial charge in [-0.25, -0.2) is 0 Å². The molecule has 25 heavy (non-hydrogen) atoms. The number of likely N-dealkylation sites (tertiary alicyclic amines) is 1. The molecule has 4 rings (SSSR count). The zero-order chi connectivity index (χ0) is 17.6. The van der Waals surface area contributed by atoms with Crippen LogP contribution in [-0.2, 0) is 0 Å². The van der Waals surface area contributed by atoms with E-state index in [0.29, 0.717) is 41.2 Å². The van der Waals surface area contributed by atoms with E-state index in [-0.39, 0.29) is 11.8 Å². The van der Waals surface area contributed by atoms with Crippen LogP contribution in [0.1, 0.15) is 46.6 Å². The number of aromatic nitrogens is 2. The van der Waals surface area contributed by atoms with Gasteiger partial charge < -0.3 is 13.8 Å². The standard InChI is InChI=1S/C18H18ClN3O3/c1-10-13-4-3-5-14(19)16(13)24-15(10)18(23)22-8-6-12(7-9-22)17-20-11(2)21-25-17/h3-5,12H,6-9H2,1-2H3. The molecule has 1 amide bonds. The highest BCUT2D eigenvalue weighted by molar-refractivity contribution is 6.35. The minimum absolute atomic E-state index is 0.0927. The van der Waals surface area contributed by atoms with E-state index in [2.05, 4.69) is 10.1 Å². The van der Waals surface area contributed by atoms with Gasteiger partial charge in [-0.15, -0.1) is 0 Å². The molecule has 3 heterocycles. The maximum atomic E-state index is 12.9. The minimum Gasteiger partial charge on any atom is -0.449 e. The summed E-state index contributed by atoms with van der Waals surface area (Å²) in [5.74, 6) is 1.79. The van der Waals surface area contributed by atoms with Crippen molar-refractivity contribution in [1.29, 1.82) is 0 Å². The molecule has 6 nitrogen and oxygen atoms in total. The van der Waals surface area contributed by atoms with Crippen molar-refractivity contribution in [2.75, 3.05) is 13.1 Å². The summed E-state index contributed by atoms with van der Waals surface area (Å²) in [7, 11) is 0. The van der Waals surface area contributed by atoms with E-state index >= 15 is 0 Å². The number of fused-ring (bicyclic) bond motifs is 1. The first-order valence-corrected chi connectivity index (χ1v) is 8.69. The number of benzene rings is 1. The number of carbonyl (C=O) groups is 1. The Morgan fingerprint density at radius 1 is 1.28 bits per heavy atom. The van der Waals surface area contributed by atoms with Crippen molar-refractivity contribution in [3.63, 3.8) is 0 Å². The number of carbonyl (C=O) groups excluding carboxylic acids is 1. The summed E-state index contributed by atoms with van der Waals surface area (Å²) < 4.78 is 11.1. The molecule has 0 N–H and O–H groups in total. The Bertz CT molecular complexity index is 938. The number of halogens is 1. The molecule has 0 radical (unpaired) electrons. The molecule has 2 aromatic heterocycles. The average Bonchev–Trinajstić information content (AvgIpc) is 3.20. The Morgan fingerprint density at radius 3 is 2.68 bits per heavy atom. The Balaban J connectivity index is 1.53. The number of aryl methyl sites for hydroxylation is 2. The van der Waals surface area contributed by atoms with Gasteiger partial charge in [-0.2, -0.15) is 4.98 Å². The third kappa shape index (κ3) is 2.80. The summed E-state index contributed by atoms with van der Waals surface area (Å²) >= 11 is 6.18. The number of rotatable bonds is 2. The Morgan fingerprint density at radius 2 is 2.04 bits per heavy atom. The third-order valence-corrected chi connectivity index (χ3v) is 5.08. The van der Waals surface area contributed by atoms with Crippen LogP contribution in [0.3, 0.4) is 0 Å². The highest BCUT2D eigenvalue weighted by atomic mass is 35.5. The van der Waals surface area contributed by atoms with Crippen molar-refractivity contribution in [1.82, 2.24) is 15.0 Å². The van der Waals surface area contributed by atoms with Gasteiger partial charge in [0.2, 0.25) is 5.89 Å². The van der Waals surface area contributed by atoms with Gasteiger partial charge in [-0.3, -0.25) is 4.79 Å². The molecule has 7 heteroatoms. The summed E-state index contributed by atoms with van der Waals surface area (Å²) in [6, 6.07) is 5.54. The molecule has 0 atom stereocenters. The second kappa shape index (κ2) is 6.19. The number of piperidine rings is 1. The van der Waals surface area contributed by atoms with Crippen molar-refractivity contribution >= 4 is 28.5 Å². The van der Waals surface area contributed by atoms with Crippen LogP contribution < -0.4 is 0 Å². The third-order valence-electron chi connectivity index (χ3n) is 4.78. The fraction of sp³-hybridized carbons (Fsp3) is 0.389. The van der Waals surface area contributed by atoms with Crippen LogP contribution >= 0.6 is 11.6 Å². The van der Waals surface area contributed by atoms with Gasteiger partial charge in [0, 0.05) is 30.0 Å². The number of furan rings is 1. The fourth-order valence-electron chi connectivity index (χ4n) is 3.36. The molecular weight excluding hydrogens is 342 g/mol. The van der Waals surface area contributed by atoms with E-state index in [1.807, 2.05) is 24.0 Å². The maximum Gasteiger partial charge on any atom is 0.289 e. The molecule has 1 saturated heterocycles. The Labute approximate surface area is 149 Å². The van der Waals surface area contributed by atoms with Crippen molar-refractivity contribution in [2.45, 2.75) is 32.6 Å². The van der Waals surface area contributed by atoms with Crippen molar-refractivity contribution < 1.29 is 13.7 Å². The van der Waals surface area contributed by atoms with E-state index in [0.717, 1.165) is 23.8 Å². The highest BCUT2D eigenvalue weighted by Gasteiger charge is 2.30.